The molecule has 0 saturated carbocycles. The van der Waals surface area contributed by atoms with Crippen molar-refractivity contribution in [1.82, 2.24) is 4.90 Å². The van der Waals surface area contributed by atoms with E-state index in [9.17, 15) is 4.79 Å². The van der Waals surface area contributed by atoms with Gasteiger partial charge in [0, 0.05) is 30.2 Å². The van der Waals surface area contributed by atoms with Crippen LogP contribution in [0.25, 0.3) is 0 Å². The first-order valence-corrected chi connectivity index (χ1v) is 8.82. The van der Waals surface area contributed by atoms with Gasteiger partial charge in [0.2, 0.25) is 5.91 Å². The van der Waals surface area contributed by atoms with E-state index in [0.29, 0.717) is 18.0 Å². The summed E-state index contributed by atoms with van der Waals surface area (Å²) in [6, 6.07) is 15.8. The lowest BCUT2D eigenvalue weighted by atomic mass is 10.2. The fourth-order valence-electron chi connectivity index (χ4n) is 2.22. The second-order valence-electron chi connectivity index (χ2n) is 6.04. The van der Waals surface area contributed by atoms with Crippen LogP contribution in [0.1, 0.15) is 17.5 Å². The number of carbonyl (C=O) groups is 3. The number of carboxylic acid groups (broad SMARTS) is 2. The predicted molar refractivity (Wildman–Crippen MR) is 107 cm³/mol. The Bertz CT molecular complexity index is 799. The molecule has 0 aliphatic heterocycles. The first kappa shape index (κ1) is 23.1. The van der Waals surface area contributed by atoms with E-state index in [4.69, 9.17) is 31.4 Å². The highest BCUT2D eigenvalue weighted by Crippen LogP contribution is 2.22. The van der Waals surface area contributed by atoms with Crippen molar-refractivity contribution >= 4 is 35.1 Å². The van der Waals surface area contributed by atoms with Gasteiger partial charge in [-0.05, 0) is 37.2 Å². The Morgan fingerprint density at radius 3 is 2.18 bits per heavy atom. The molecule has 0 aromatic heterocycles. The number of benzene rings is 2. The van der Waals surface area contributed by atoms with Gasteiger partial charge >= 0.3 is 11.9 Å². The van der Waals surface area contributed by atoms with Gasteiger partial charge in [0.15, 0.2) is 0 Å². The molecule has 0 atom stereocenters. The van der Waals surface area contributed by atoms with Crippen LogP contribution in [0, 0.1) is 6.92 Å². The molecule has 150 valence electrons. The number of nitrogens with zero attached hydrogens (tertiary/aromatic N) is 1. The lowest BCUT2D eigenvalue weighted by molar-refractivity contribution is -0.159. The molecule has 8 heteroatoms. The summed E-state index contributed by atoms with van der Waals surface area (Å²) in [5.41, 5.74) is 2.93. The molecular weight excluding hydrogens is 384 g/mol. The highest BCUT2D eigenvalue weighted by molar-refractivity contribution is 6.31. The number of halogens is 1. The highest BCUT2D eigenvalue weighted by atomic mass is 35.5. The summed E-state index contributed by atoms with van der Waals surface area (Å²) < 4.78 is 0. The maximum Gasteiger partial charge on any atom is 0.414 e. The van der Waals surface area contributed by atoms with Crippen molar-refractivity contribution in [1.29, 1.82) is 0 Å². The number of nitrogens with one attached hydrogen (secondary N) is 1. The third kappa shape index (κ3) is 8.66. The van der Waals surface area contributed by atoms with Crippen molar-refractivity contribution in [3.63, 3.8) is 0 Å². The molecule has 0 radical (unpaired) electrons. The minimum Gasteiger partial charge on any atom is -0.473 e. The zero-order valence-electron chi connectivity index (χ0n) is 15.7. The van der Waals surface area contributed by atoms with Crippen LogP contribution in [0.4, 0.5) is 5.69 Å². The van der Waals surface area contributed by atoms with Crippen molar-refractivity contribution in [2.75, 3.05) is 18.9 Å². The van der Waals surface area contributed by atoms with Crippen LogP contribution in [0.15, 0.2) is 48.5 Å². The number of anilines is 1. The smallest absolute Gasteiger partial charge is 0.414 e. The normalized spacial score (nSPS) is 10.0. The lowest BCUT2D eigenvalue weighted by Gasteiger charge is -2.16. The van der Waals surface area contributed by atoms with Crippen LogP contribution in [0.3, 0.4) is 0 Å². The minimum atomic E-state index is -1.82. The lowest BCUT2D eigenvalue weighted by Crippen LogP contribution is -2.24. The summed E-state index contributed by atoms with van der Waals surface area (Å²) in [5.74, 6) is -3.64. The Labute approximate surface area is 168 Å². The van der Waals surface area contributed by atoms with E-state index in [1.165, 1.54) is 5.56 Å². The maximum atomic E-state index is 12.1. The van der Waals surface area contributed by atoms with Crippen molar-refractivity contribution in [3.8, 4) is 0 Å². The molecule has 0 aliphatic carbocycles. The molecule has 0 bridgehead atoms. The highest BCUT2D eigenvalue weighted by Gasteiger charge is 2.08. The molecule has 2 aromatic rings. The number of aliphatic carboxylic acids is 2. The second-order valence-corrected chi connectivity index (χ2v) is 6.45. The molecule has 0 fully saturated rings. The zero-order chi connectivity index (χ0) is 21.1. The number of carboxylic acids is 2. The van der Waals surface area contributed by atoms with Crippen LogP contribution >= 0.6 is 11.6 Å². The van der Waals surface area contributed by atoms with Gasteiger partial charge in [-0.1, -0.05) is 48.0 Å². The van der Waals surface area contributed by atoms with Gasteiger partial charge in [-0.3, -0.25) is 4.79 Å². The molecule has 0 aliphatic rings. The molecule has 0 unspecified atom stereocenters. The monoisotopic (exact) mass is 406 g/mol. The number of amides is 1. The van der Waals surface area contributed by atoms with Crippen LogP contribution in [-0.4, -0.2) is 46.6 Å². The SMILES string of the molecule is Cc1c(Cl)cccc1NC(=O)CCN(C)Cc1ccccc1.O=C(O)C(=O)O. The Hall–Kier alpha value is -2.90. The van der Waals surface area contributed by atoms with E-state index in [0.717, 1.165) is 17.8 Å². The summed E-state index contributed by atoms with van der Waals surface area (Å²) in [7, 11) is 2.02. The van der Waals surface area contributed by atoms with E-state index in [1.807, 2.05) is 50.4 Å². The summed E-state index contributed by atoms with van der Waals surface area (Å²) in [6.45, 7) is 3.45. The summed E-state index contributed by atoms with van der Waals surface area (Å²) >= 11 is 6.06. The van der Waals surface area contributed by atoms with E-state index in [2.05, 4.69) is 22.3 Å². The van der Waals surface area contributed by atoms with Crippen molar-refractivity contribution in [3.05, 3.63) is 64.7 Å². The minimum absolute atomic E-state index is 0.00489. The van der Waals surface area contributed by atoms with E-state index < -0.39 is 11.9 Å². The first-order valence-electron chi connectivity index (χ1n) is 8.44. The predicted octanol–water partition coefficient (Wildman–Crippen LogP) is 3.26. The Kier molecular flexibility index (Phi) is 9.70. The van der Waals surface area contributed by atoms with E-state index in [-0.39, 0.29) is 5.91 Å². The number of rotatable bonds is 6. The first-order chi connectivity index (χ1) is 13.2. The number of carbonyl (C=O) groups excluding carboxylic acids is 1. The van der Waals surface area contributed by atoms with Gasteiger partial charge in [-0.25, -0.2) is 9.59 Å². The molecule has 28 heavy (non-hydrogen) atoms. The van der Waals surface area contributed by atoms with Gasteiger partial charge in [0.25, 0.3) is 0 Å². The third-order valence-corrected chi connectivity index (χ3v) is 4.15. The Morgan fingerprint density at radius 1 is 1.00 bits per heavy atom. The van der Waals surface area contributed by atoms with Crippen molar-refractivity contribution in [2.45, 2.75) is 19.9 Å². The topological polar surface area (TPSA) is 107 Å². The summed E-state index contributed by atoms with van der Waals surface area (Å²) in [5, 5.41) is 18.4. The van der Waals surface area contributed by atoms with Gasteiger partial charge < -0.3 is 20.4 Å². The van der Waals surface area contributed by atoms with Crippen LogP contribution in [-0.2, 0) is 20.9 Å². The van der Waals surface area contributed by atoms with E-state index in [1.54, 1.807) is 0 Å². The molecule has 1 amide bonds. The molecule has 0 saturated heterocycles. The Balaban J connectivity index is 0.000000568. The fourth-order valence-corrected chi connectivity index (χ4v) is 2.40. The van der Waals surface area contributed by atoms with Crippen molar-refractivity contribution < 1.29 is 24.6 Å². The molecule has 2 rings (SSSR count). The second kappa shape index (κ2) is 11.7. The van der Waals surface area contributed by atoms with Crippen LogP contribution < -0.4 is 5.32 Å². The average molecular weight is 407 g/mol. The average Bonchev–Trinajstić information content (AvgIpc) is 2.65. The van der Waals surface area contributed by atoms with Gasteiger partial charge in [0.05, 0.1) is 0 Å². The van der Waals surface area contributed by atoms with Gasteiger partial charge in [-0.15, -0.1) is 0 Å². The van der Waals surface area contributed by atoms with Crippen LogP contribution in [0.2, 0.25) is 5.02 Å². The fraction of sp³-hybridized carbons (Fsp3) is 0.250. The molecule has 3 N–H and O–H groups in total. The van der Waals surface area contributed by atoms with Gasteiger partial charge in [0.1, 0.15) is 0 Å². The molecule has 0 spiro atoms. The van der Waals surface area contributed by atoms with Crippen LogP contribution in [0.5, 0.6) is 0 Å². The largest absolute Gasteiger partial charge is 0.473 e. The van der Waals surface area contributed by atoms with E-state index >= 15 is 0 Å². The molecule has 2 aromatic carbocycles. The van der Waals surface area contributed by atoms with Crippen molar-refractivity contribution in [2.24, 2.45) is 0 Å². The maximum absolute atomic E-state index is 12.1. The standard InChI is InChI=1S/C18H21ClN2O.C2H2O4/c1-14-16(19)9-6-10-17(14)20-18(22)11-12-21(2)13-15-7-4-3-5-8-15;3-1(4)2(5)6/h3-10H,11-13H2,1-2H3,(H,20,22);(H,3,4)(H,5,6). The zero-order valence-corrected chi connectivity index (χ0v) is 16.4. The van der Waals surface area contributed by atoms with Gasteiger partial charge in [-0.2, -0.15) is 0 Å². The number of hydrogen-bond acceptors (Lipinski definition) is 4. The third-order valence-electron chi connectivity index (χ3n) is 3.74. The molecule has 0 heterocycles. The number of hydrogen-bond donors (Lipinski definition) is 3. The Morgan fingerprint density at radius 2 is 1.61 bits per heavy atom. The summed E-state index contributed by atoms with van der Waals surface area (Å²) in [4.78, 5) is 32.4. The summed E-state index contributed by atoms with van der Waals surface area (Å²) in [6.07, 6.45) is 0.454. The molecule has 7 nitrogen and oxygen atoms in total. The quantitative estimate of drug-likeness (QED) is 0.635. The molecular formula is C20H23ClN2O5.